The van der Waals surface area contributed by atoms with E-state index >= 15 is 0 Å². The van der Waals surface area contributed by atoms with E-state index in [9.17, 15) is 0 Å². The van der Waals surface area contributed by atoms with Gasteiger partial charge in [0, 0.05) is 43.6 Å². The number of hydrogen-bond acceptors (Lipinski definition) is 4. The molecule has 4 heteroatoms. The minimum absolute atomic E-state index is 0.451. The van der Waals surface area contributed by atoms with E-state index in [0.717, 1.165) is 31.8 Å². The number of aryl methyl sites for hydroxylation is 2. The molecule has 0 bridgehead atoms. The maximum atomic E-state index is 5.10. The van der Waals surface area contributed by atoms with Crippen molar-refractivity contribution in [1.82, 2.24) is 10.3 Å². The third-order valence-corrected chi connectivity index (χ3v) is 4.46. The molecule has 0 spiro atoms. The van der Waals surface area contributed by atoms with E-state index in [1.807, 2.05) is 0 Å². The van der Waals surface area contributed by atoms with Crippen LogP contribution in [0.4, 0.5) is 0 Å². The van der Waals surface area contributed by atoms with Gasteiger partial charge in [0.15, 0.2) is 0 Å². The Labute approximate surface area is 131 Å². The Balaban J connectivity index is 2.06. The lowest BCUT2D eigenvalue weighted by Gasteiger charge is -2.17. The summed E-state index contributed by atoms with van der Waals surface area (Å²) >= 11 is 1.76. The van der Waals surface area contributed by atoms with Crippen molar-refractivity contribution >= 4 is 11.3 Å². The number of benzene rings is 1. The van der Waals surface area contributed by atoms with E-state index in [2.05, 4.69) is 53.8 Å². The zero-order chi connectivity index (χ0) is 15.1. The van der Waals surface area contributed by atoms with Crippen LogP contribution in [-0.2, 0) is 11.2 Å². The molecular formula is C17H24N2OS. The SMILES string of the molecule is COCCNCC(Cc1nc(C)cs1)c1cccc(C)c1. The van der Waals surface area contributed by atoms with Crippen molar-refractivity contribution in [1.29, 1.82) is 0 Å². The molecule has 1 unspecified atom stereocenters. The molecule has 0 aliphatic carbocycles. The molecule has 114 valence electrons. The monoisotopic (exact) mass is 304 g/mol. The molecule has 0 aliphatic heterocycles. The minimum Gasteiger partial charge on any atom is -0.383 e. The second-order valence-corrected chi connectivity index (χ2v) is 6.34. The van der Waals surface area contributed by atoms with Crippen molar-refractivity contribution in [2.24, 2.45) is 0 Å². The number of aromatic nitrogens is 1. The average Bonchev–Trinajstić information content (AvgIpc) is 2.87. The van der Waals surface area contributed by atoms with Gasteiger partial charge in [-0.15, -0.1) is 11.3 Å². The highest BCUT2D eigenvalue weighted by Gasteiger charge is 2.14. The van der Waals surface area contributed by atoms with Crippen molar-refractivity contribution in [2.75, 3.05) is 26.8 Å². The van der Waals surface area contributed by atoms with Gasteiger partial charge in [0.2, 0.25) is 0 Å². The number of methoxy groups -OCH3 is 1. The van der Waals surface area contributed by atoms with Crippen LogP contribution in [0.3, 0.4) is 0 Å². The van der Waals surface area contributed by atoms with Crippen LogP contribution >= 0.6 is 11.3 Å². The highest BCUT2D eigenvalue weighted by Crippen LogP contribution is 2.23. The largest absolute Gasteiger partial charge is 0.383 e. The van der Waals surface area contributed by atoms with E-state index in [1.165, 1.54) is 16.1 Å². The second kappa shape index (κ2) is 8.27. The molecule has 1 aromatic carbocycles. The van der Waals surface area contributed by atoms with Gasteiger partial charge in [-0.1, -0.05) is 29.8 Å². The quantitative estimate of drug-likeness (QED) is 0.760. The minimum atomic E-state index is 0.451. The average molecular weight is 304 g/mol. The van der Waals surface area contributed by atoms with Gasteiger partial charge in [-0.25, -0.2) is 4.98 Å². The van der Waals surface area contributed by atoms with Crippen LogP contribution in [0.25, 0.3) is 0 Å². The molecule has 0 amide bonds. The summed E-state index contributed by atoms with van der Waals surface area (Å²) in [5.41, 5.74) is 3.81. The topological polar surface area (TPSA) is 34.1 Å². The van der Waals surface area contributed by atoms with Gasteiger partial charge in [0.25, 0.3) is 0 Å². The van der Waals surface area contributed by atoms with Crippen molar-refractivity contribution < 1.29 is 4.74 Å². The lowest BCUT2D eigenvalue weighted by atomic mass is 9.94. The molecule has 1 N–H and O–H groups in total. The fourth-order valence-corrected chi connectivity index (χ4v) is 3.24. The number of ether oxygens (including phenoxy) is 1. The van der Waals surface area contributed by atoms with E-state index in [-0.39, 0.29) is 0 Å². The molecule has 0 saturated heterocycles. The maximum Gasteiger partial charge on any atom is 0.0934 e. The van der Waals surface area contributed by atoms with Crippen LogP contribution in [0, 0.1) is 13.8 Å². The number of rotatable bonds is 8. The molecule has 2 rings (SSSR count). The first-order chi connectivity index (χ1) is 10.2. The van der Waals surface area contributed by atoms with Crippen LogP contribution in [0.1, 0.15) is 27.7 Å². The molecule has 3 nitrogen and oxygen atoms in total. The Kier molecular flexibility index (Phi) is 6.36. The summed E-state index contributed by atoms with van der Waals surface area (Å²) in [6.07, 6.45) is 0.988. The summed E-state index contributed by atoms with van der Waals surface area (Å²) in [6.45, 7) is 6.78. The Morgan fingerprint density at radius 1 is 1.33 bits per heavy atom. The summed E-state index contributed by atoms with van der Waals surface area (Å²) in [4.78, 5) is 4.61. The van der Waals surface area contributed by atoms with Gasteiger partial charge in [-0.3, -0.25) is 0 Å². The molecule has 1 heterocycles. The summed E-state index contributed by atoms with van der Waals surface area (Å²) in [7, 11) is 1.73. The van der Waals surface area contributed by atoms with Crippen molar-refractivity contribution in [3.05, 3.63) is 51.5 Å². The number of nitrogens with one attached hydrogen (secondary N) is 1. The summed E-state index contributed by atoms with van der Waals surface area (Å²) in [5, 5.41) is 6.82. The first-order valence-corrected chi connectivity index (χ1v) is 8.24. The van der Waals surface area contributed by atoms with Gasteiger partial charge < -0.3 is 10.1 Å². The highest BCUT2D eigenvalue weighted by molar-refractivity contribution is 7.09. The number of nitrogens with zero attached hydrogens (tertiary/aromatic N) is 1. The molecule has 2 aromatic rings. The fourth-order valence-electron chi connectivity index (χ4n) is 2.39. The zero-order valence-electron chi connectivity index (χ0n) is 13.1. The van der Waals surface area contributed by atoms with Gasteiger partial charge in [-0.05, 0) is 19.4 Å². The maximum absolute atomic E-state index is 5.10. The third-order valence-electron chi connectivity index (χ3n) is 3.47. The molecule has 0 fully saturated rings. The molecule has 0 saturated carbocycles. The van der Waals surface area contributed by atoms with Crippen LogP contribution in [0.5, 0.6) is 0 Å². The highest BCUT2D eigenvalue weighted by atomic mass is 32.1. The zero-order valence-corrected chi connectivity index (χ0v) is 13.9. The van der Waals surface area contributed by atoms with E-state index in [1.54, 1.807) is 18.4 Å². The first kappa shape index (κ1) is 16.1. The Morgan fingerprint density at radius 2 is 2.19 bits per heavy atom. The normalized spacial score (nSPS) is 12.5. The Hall–Kier alpha value is -1.23. The van der Waals surface area contributed by atoms with Gasteiger partial charge >= 0.3 is 0 Å². The number of hydrogen-bond donors (Lipinski definition) is 1. The molecular weight excluding hydrogens is 280 g/mol. The van der Waals surface area contributed by atoms with Gasteiger partial charge in [0.1, 0.15) is 0 Å². The number of thiazole rings is 1. The van der Waals surface area contributed by atoms with E-state index in [0.29, 0.717) is 5.92 Å². The molecule has 0 radical (unpaired) electrons. The summed E-state index contributed by atoms with van der Waals surface area (Å²) < 4.78 is 5.10. The van der Waals surface area contributed by atoms with Crippen molar-refractivity contribution in [3.63, 3.8) is 0 Å². The third kappa shape index (κ3) is 5.23. The van der Waals surface area contributed by atoms with Crippen molar-refractivity contribution in [3.8, 4) is 0 Å². The molecule has 1 aromatic heterocycles. The predicted octanol–water partition coefficient (Wildman–Crippen LogP) is 3.32. The lowest BCUT2D eigenvalue weighted by molar-refractivity contribution is 0.199. The molecule has 21 heavy (non-hydrogen) atoms. The Bertz CT molecular complexity index is 553. The van der Waals surface area contributed by atoms with E-state index in [4.69, 9.17) is 4.74 Å². The van der Waals surface area contributed by atoms with Crippen LogP contribution in [0.2, 0.25) is 0 Å². The van der Waals surface area contributed by atoms with E-state index < -0.39 is 0 Å². The van der Waals surface area contributed by atoms with Crippen molar-refractivity contribution in [2.45, 2.75) is 26.2 Å². The smallest absolute Gasteiger partial charge is 0.0934 e. The summed E-state index contributed by atoms with van der Waals surface area (Å²) in [5.74, 6) is 0.451. The van der Waals surface area contributed by atoms with Crippen LogP contribution < -0.4 is 5.32 Å². The first-order valence-electron chi connectivity index (χ1n) is 7.36. The second-order valence-electron chi connectivity index (χ2n) is 5.39. The van der Waals surface area contributed by atoms with Crippen LogP contribution in [0.15, 0.2) is 29.6 Å². The lowest BCUT2D eigenvalue weighted by Crippen LogP contribution is -2.26. The summed E-state index contributed by atoms with van der Waals surface area (Å²) in [6, 6.07) is 8.78. The fraction of sp³-hybridized carbons (Fsp3) is 0.471. The van der Waals surface area contributed by atoms with Gasteiger partial charge in [0.05, 0.1) is 11.6 Å². The van der Waals surface area contributed by atoms with Crippen LogP contribution in [-0.4, -0.2) is 31.8 Å². The standard InChI is InChI=1S/C17H24N2OS/c1-13-5-4-6-15(9-13)16(11-18-7-8-20-3)10-17-19-14(2)12-21-17/h4-6,9,12,16,18H,7-8,10-11H2,1-3H3. The molecule has 1 atom stereocenters. The Morgan fingerprint density at radius 3 is 2.86 bits per heavy atom. The molecule has 0 aliphatic rings. The van der Waals surface area contributed by atoms with Gasteiger partial charge in [-0.2, -0.15) is 0 Å². The predicted molar refractivity (Wildman–Crippen MR) is 89.2 cm³/mol.